The van der Waals surface area contributed by atoms with Gasteiger partial charge in [-0.2, -0.15) is 0 Å². The van der Waals surface area contributed by atoms with E-state index in [1.165, 1.54) is 0 Å². The van der Waals surface area contributed by atoms with Crippen molar-refractivity contribution in [2.24, 2.45) is 0 Å². The smallest absolute Gasteiger partial charge is 0.338 e. The molecule has 0 unspecified atom stereocenters. The molecule has 0 saturated carbocycles. The van der Waals surface area contributed by atoms with Crippen LogP contribution in [0.3, 0.4) is 0 Å². The van der Waals surface area contributed by atoms with E-state index in [4.69, 9.17) is 4.74 Å². The number of piperidine rings is 1. The van der Waals surface area contributed by atoms with Crippen molar-refractivity contribution in [3.8, 4) is 0 Å². The highest BCUT2D eigenvalue weighted by Gasteiger charge is 2.29. The van der Waals surface area contributed by atoms with Crippen LogP contribution < -0.4 is 5.56 Å². The Morgan fingerprint density at radius 2 is 1.89 bits per heavy atom. The SMILES string of the molecule is CCn1c(=O)c(C)nc2cc(C(=O)OCC(=O)N3[C@@H](C)CCC[C@@H]3C)ccc21. The molecule has 0 aliphatic carbocycles. The van der Waals surface area contributed by atoms with Gasteiger partial charge in [-0.25, -0.2) is 9.78 Å². The average molecular weight is 385 g/mol. The molecule has 1 aromatic carbocycles. The molecule has 0 N–H and O–H groups in total. The van der Waals surface area contributed by atoms with E-state index < -0.39 is 5.97 Å². The first-order valence-corrected chi connectivity index (χ1v) is 9.83. The molecular weight excluding hydrogens is 358 g/mol. The summed E-state index contributed by atoms with van der Waals surface area (Å²) in [5.41, 5.74) is 1.77. The molecule has 0 radical (unpaired) electrons. The van der Waals surface area contributed by atoms with Crippen LogP contribution in [0.1, 0.15) is 56.1 Å². The fourth-order valence-corrected chi connectivity index (χ4v) is 4.01. The molecule has 150 valence electrons. The molecule has 1 saturated heterocycles. The maximum atomic E-state index is 12.5. The molecule has 2 heterocycles. The van der Waals surface area contributed by atoms with Gasteiger partial charge in [0.15, 0.2) is 6.61 Å². The lowest BCUT2D eigenvalue weighted by atomic mass is 9.97. The van der Waals surface area contributed by atoms with E-state index in [1.807, 2.05) is 25.7 Å². The number of aromatic nitrogens is 2. The van der Waals surface area contributed by atoms with Gasteiger partial charge in [0.05, 0.1) is 16.6 Å². The van der Waals surface area contributed by atoms with Gasteiger partial charge in [-0.05, 0) is 65.2 Å². The minimum atomic E-state index is -0.568. The predicted octanol–water partition coefficient (Wildman–Crippen LogP) is 2.67. The van der Waals surface area contributed by atoms with Crippen LogP contribution >= 0.6 is 0 Å². The molecule has 1 aliphatic rings. The van der Waals surface area contributed by atoms with Crippen LogP contribution in [-0.4, -0.2) is 45.0 Å². The van der Waals surface area contributed by atoms with E-state index in [9.17, 15) is 14.4 Å². The van der Waals surface area contributed by atoms with Gasteiger partial charge in [-0.3, -0.25) is 9.59 Å². The number of nitrogens with zero attached hydrogens (tertiary/aromatic N) is 3. The van der Waals surface area contributed by atoms with Crippen LogP contribution in [0.5, 0.6) is 0 Å². The molecule has 1 aliphatic heterocycles. The Morgan fingerprint density at radius 1 is 1.21 bits per heavy atom. The number of hydrogen-bond acceptors (Lipinski definition) is 5. The lowest BCUT2D eigenvalue weighted by molar-refractivity contribution is -0.140. The summed E-state index contributed by atoms with van der Waals surface area (Å²) < 4.78 is 6.89. The lowest BCUT2D eigenvalue weighted by Crippen LogP contribution is -2.49. The summed E-state index contributed by atoms with van der Waals surface area (Å²) in [6.07, 6.45) is 3.05. The molecule has 0 bridgehead atoms. The number of benzene rings is 1. The number of rotatable bonds is 4. The molecule has 0 spiro atoms. The number of aryl methyl sites for hydroxylation is 2. The maximum Gasteiger partial charge on any atom is 0.338 e. The average Bonchev–Trinajstić information content (AvgIpc) is 2.66. The van der Waals surface area contributed by atoms with Gasteiger partial charge in [0.1, 0.15) is 5.69 Å². The van der Waals surface area contributed by atoms with Crippen LogP contribution in [-0.2, 0) is 16.1 Å². The number of carbonyl (C=O) groups excluding carboxylic acids is 2. The highest BCUT2D eigenvalue weighted by atomic mass is 16.5. The van der Waals surface area contributed by atoms with Crippen molar-refractivity contribution in [3.05, 3.63) is 39.8 Å². The number of hydrogen-bond donors (Lipinski definition) is 0. The van der Waals surface area contributed by atoms with Crippen LogP contribution in [0.2, 0.25) is 0 Å². The van der Waals surface area contributed by atoms with E-state index in [-0.39, 0.29) is 30.2 Å². The normalized spacial score (nSPS) is 19.6. The lowest BCUT2D eigenvalue weighted by Gasteiger charge is -2.38. The Morgan fingerprint density at radius 3 is 2.54 bits per heavy atom. The van der Waals surface area contributed by atoms with Crippen molar-refractivity contribution in [2.75, 3.05) is 6.61 Å². The molecule has 7 heteroatoms. The molecular formula is C21H27N3O4. The molecule has 1 fully saturated rings. The largest absolute Gasteiger partial charge is 0.452 e. The van der Waals surface area contributed by atoms with E-state index in [1.54, 1.807) is 29.7 Å². The van der Waals surface area contributed by atoms with Gasteiger partial charge < -0.3 is 14.2 Å². The van der Waals surface area contributed by atoms with Crippen molar-refractivity contribution in [3.63, 3.8) is 0 Å². The number of ether oxygens (including phenoxy) is 1. The predicted molar refractivity (Wildman–Crippen MR) is 106 cm³/mol. The molecule has 7 nitrogen and oxygen atoms in total. The summed E-state index contributed by atoms with van der Waals surface area (Å²) in [5.74, 6) is -0.733. The summed E-state index contributed by atoms with van der Waals surface area (Å²) in [7, 11) is 0. The minimum Gasteiger partial charge on any atom is -0.452 e. The van der Waals surface area contributed by atoms with Gasteiger partial charge in [0, 0.05) is 18.6 Å². The number of amides is 1. The quantitative estimate of drug-likeness (QED) is 0.756. The van der Waals surface area contributed by atoms with Crippen molar-refractivity contribution in [1.82, 2.24) is 14.5 Å². The van der Waals surface area contributed by atoms with Crippen molar-refractivity contribution >= 4 is 22.9 Å². The second kappa shape index (κ2) is 8.12. The van der Waals surface area contributed by atoms with Gasteiger partial charge >= 0.3 is 5.97 Å². The second-order valence-corrected chi connectivity index (χ2v) is 7.46. The Labute approximate surface area is 164 Å². The third-order valence-electron chi connectivity index (χ3n) is 5.47. The van der Waals surface area contributed by atoms with E-state index in [2.05, 4.69) is 4.98 Å². The Balaban J connectivity index is 1.76. The van der Waals surface area contributed by atoms with Crippen LogP contribution in [0.15, 0.2) is 23.0 Å². The zero-order valence-corrected chi connectivity index (χ0v) is 16.9. The summed E-state index contributed by atoms with van der Waals surface area (Å²) >= 11 is 0. The highest BCUT2D eigenvalue weighted by Crippen LogP contribution is 2.22. The first kappa shape index (κ1) is 20.0. The summed E-state index contributed by atoms with van der Waals surface area (Å²) in [5, 5.41) is 0. The topological polar surface area (TPSA) is 81.5 Å². The first-order valence-electron chi connectivity index (χ1n) is 9.83. The number of esters is 1. The Hall–Kier alpha value is -2.70. The fourth-order valence-electron chi connectivity index (χ4n) is 4.01. The third kappa shape index (κ3) is 3.79. The molecule has 2 atom stereocenters. The first-order chi connectivity index (χ1) is 13.3. The van der Waals surface area contributed by atoms with Gasteiger partial charge in [0.25, 0.3) is 11.5 Å². The maximum absolute atomic E-state index is 12.5. The number of carbonyl (C=O) groups is 2. The number of likely N-dealkylation sites (tertiary alicyclic amines) is 1. The van der Waals surface area contributed by atoms with Crippen molar-refractivity contribution in [1.29, 1.82) is 0 Å². The zero-order valence-electron chi connectivity index (χ0n) is 16.9. The Kier molecular flexibility index (Phi) is 5.82. The molecule has 3 rings (SSSR count). The van der Waals surface area contributed by atoms with E-state index >= 15 is 0 Å². The van der Waals surface area contributed by atoms with E-state index in [0.717, 1.165) is 19.3 Å². The Bertz CT molecular complexity index is 956. The van der Waals surface area contributed by atoms with Crippen molar-refractivity contribution < 1.29 is 14.3 Å². The zero-order chi connectivity index (χ0) is 20.4. The standard InChI is InChI=1S/C21H27N3O4/c1-5-23-18-10-9-16(11-17(18)22-15(4)20(23)26)21(27)28-12-19(25)24-13(2)7-6-8-14(24)3/h9-11,13-14H,5-8,12H2,1-4H3/t13-,14-/m0/s1. The fraction of sp³-hybridized carbons (Fsp3) is 0.524. The molecule has 28 heavy (non-hydrogen) atoms. The van der Waals surface area contributed by atoms with Gasteiger partial charge in [-0.15, -0.1) is 0 Å². The minimum absolute atomic E-state index is 0.138. The molecule has 2 aromatic rings. The monoisotopic (exact) mass is 385 g/mol. The van der Waals surface area contributed by atoms with Gasteiger partial charge in [0.2, 0.25) is 0 Å². The third-order valence-corrected chi connectivity index (χ3v) is 5.47. The van der Waals surface area contributed by atoms with Crippen LogP contribution in [0.25, 0.3) is 11.0 Å². The number of fused-ring (bicyclic) bond motifs is 1. The second-order valence-electron chi connectivity index (χ2n) is 7.46. The van der Waals surface area contributed by atoms with Crippen LogP contribution in [0, 0.1) is 6.92 Å². The van der Waals surface area contributed by atoms with Crippen LogP contribution in [0.4, 0.5) is 0 Å². The molecule has 1 amide bonds. The van der Waals surface area contributed by atoms with Crippen molar-refractivity contribution in [2.45, 2.75) is 65.6 Å². The molecule has 1 aromatic heterocycles. The van der Waals surface area contributed by atoms with E-state index in [0.29, 0.717) is 28.8 Å². The summed E-state index contributed by atoms with van der Waals surface area (Å²) in [6.45, 7) is 7.84. The summed E-state index contributed by atoms with van der Waals surface area (Å²) in [4.78, 5) is 43.3. The highest BCUT2D eigenvalue weighted by molar-refractivity contribution is 5.94. The summed E-state index contributed by atoms with van der Waals surface area (Å²) in [6, 6.07) is 5.22. The van der Waals surface area contributed by atoms with Gasteiger partial charge in [-0.1, -0.05) is 0 Å².